The molecule has 0 heterocycles. The maximum Gasteiger partial charge on any atom is 0.139 e. The molecule has 0 aromatic heterocycles. The van der Waals surface area contributed by atoms with Gasteiger partial charge in [-0.05, 0) is 25.7 Å². The van der Waals surface area contributed by atoms with E-state index in [0.29, 0.717) is 17.6 Å². The lowest BCUT2D eigenvalue weighted by molar-refractivity contribution is -0.128. The van der Waals surface area contributed by atoms with Crippen molar-refractivity contribution in [3.8, 4) is 0 Å². The summed E-state index contributed by atoms with van der Waals surface area (Å²) < 4.78 is 0. The third-order valence-electron chi connectivity index (χ3n) is 5.02. The Hall–Kier alpha value is -0.330. The molecule has 0 spiro atoms. The van der Waals surface area contributed by atoms with Gasteiger partial charge in [-0.15, -0.1) is 0 Å². The molecule has 2 rings (SSSR count). The average molecular weight is 250 g/mol. The minimum Gasteiger partial charge on any atom is -0.299 e. The minimum atomic E-state index is 0.426. The van der Waals surface area contributed by atoms with Crippen molar-refractivity contribution < 1.29 is 4.79 Å². The molecule has 0 N–H and O–H groups in total. The summed E-state index contributed by atoms with van der Waals surface area (Å²) in [4.78, 5) is 12.7. The van der Waals surface area contributed by atoms with Gasteiger partial charge in [0.15, 0.2) is 0 Å². The Morgan fingerprint density at radius 2 is 0.778 bits per heavy atom. The van der Waals surface area contributed by atoms with Crippen molar-refractivity contribution in [3.05, 3.63) is 0 Å². The summed E-state index contributed by atoms with van der Waals surface area (Å²) in [6.07, 6.45) is 18.1. The number of hydrogen-bond donors (Lipinski definition) is 0. The van der Waals surface area contributed by atoms with Gasteiger partial charge in [-0.2, -0.15) is 0 Å². The molecule has 2 aliphatic carbocycles. The van der Waals surface area contributed by atoms with Crippen molar-refractivity contribution in [2.45, 2.75) is 89.9 Å². The topological polar surface area (TPSA) is 17.1 Å². The van der Waals surface area contributed by atoms with E-state index in [9.17, 15) is 4.79 Å². The normalized spacial score (nSPS) is 25.8. The smallest absolute Gasteiger partial charge is 0.139 e. The monoisotopic (exact) mass is 250 g/mol. The fraction of sp³-hybridized carbons (Fsp3) is 0.941. The van der Waals surface area contributed by atoms with Crippen molar-refractivity contribution in [2.75, 3.05) is 0 Å². The Morgan fingerprint density at radius 1 is 0.500 bits per heavy atom. The fourth-order valence-electron chi connectivity index (χ4n) is 3.81. The zero-order valence-corrected chi connectivity index (χ0v) is 12.0. The van der Waals surface area contributed by atoms with E-state index in [1.54, 1.807) is 0 Å². The molecular formula is C17H30O. The van der Waals surface area contributed by atoms with E-state index < -0.39 is 0 Å². The first kappa shape index (κ1) is 14.1. The van der Waals surface area contributed by atoms with Crippen molar-refractivity contribution >= 4 is 5.78 Å². The van der Waals surface area contributed by atoms with Crippen LogP contribution < -0.4 is 0 Å². The van der Waals surface area contributed by atoms with Gasteiger partial charge in [-0.25, -0.2) is 0 Å². The van der Waals surface area contributed by atoms with Crippen molar-refractivity contribution in [1.82, 2.24) is 0 Å². The zero-order valence-electron chi connectivity index (χ0n) is 12.0. The Kier molecular flexibility index (Phi) is 6.23. The summed E-state index contributed by atoms with van der Waals surface area (Å²) in [5, 5.41) is 0. The number of carbonyl (C=O) groups is 1. The van der Waals surface area contributed by atoms with Gasteiger partial charge in [0.25, 0.3) is 0 Å². The van der Waals surface area contributed by atoms with Gasteiger partial charge < -0.3 is 0 Å². The van der Waals surface area contributed by atoms with Crippen molar-refractivity contribution in [2.24, 2.45) is 11.8 Å². The highest BCUT2D eigenvalue weighted by Crippen LogP contribution is 2.30. The highest BCUT2D eigenvalue weighted by atomic mass is 16.1. The molecule has 0 atom stereocenters. The second kappa shape index (κ2) is 7.96. The van der Waals surface area contributed by atoms with Gasteiger partial charge >= 0.3 is 0 Å². The van der Waals surface area contributed by atoms with Gasteiger partial charge in [0.1, 0.15) is 5.78 Å². The summed E-state index contributed by atoms with van der Waals surface area (Å²) >= 11 is 0. The molecule has 0 aromatic rings. The largest absolute Gasteiger partial charge is 0.299 e. The lowest BCUT2D eigenvalue weighted by Crippen LogP contribution is -2.25. The average Bonchev–Trinajstić information content (AvgIpc) is 2.27. The predicted octanol–water partition coefficient (Wildman–Crippen LogP) is 5.28. The maximum absolute atomic E-state index is 12.7. The summed E-state index contributed by atoms with van der Waals surface area (Å²) in [6.45, 7) is 0. The van der Waals surface area contributed by atoms with Crippen LogP contribution in [0.3, 0.4) is 0 Å². The molecule has 2 aliphatic rings. The summed E-state index contributed by atoms with van der Waals surface area (Å²) in [5.41, 5.74) is 0. The summed E-state index contributed by atoms with van der Waals surface area (Å²) in [5.74, 6) is 1.50. The lowest BCUT2D eigenvalue weighted by atomic mass is 9.79. The molecule has 104 valence electrons. The summed E-state index contributed by atoms with van der Waals surface area (Å²) in [6, 6.07) is 0. The molecule has 1 nitrogen and oxygen atoms in total. The summed E-state index contributed by atoms with van der Waals surface area (Å²) in [7, 11) is 0. The van der Waals surface area contributed by atoms with Crippen LogP contribution in [0.5, 0.6) is 0 Å². The van der Waals surface area contributed by atoms with E-state index in [2.05, 4.69) is 0 Å². The number of Topliss-reactive ketones (excluding diaryl/α,β-unsaturated/α-hetero) is 1. The molecule has 0 saturated heterocycles. The molecule has 0 aliphatic heterocycles. The number of hydrogen-bond acceptors (Lipinski definition) is 1. The molecule has 1 heteroatoms. The Bertz CT molecular complexity index is 206. The second-order valence-electron chi connectivity index (χ2n) is 6.49. The standard InChI is InChI=1S/C17H30O/c18-17(15-11-7-3-1-4-8-12-15)16-13-9-5-2-6-10-14-16/h15-16H,1-14H2. The molecule has 0 unspecified atom stereocenters. The SMILES string of the molecule is O=C(C1CCCCCCC1)C1CCCCCCC1. The van der Waals surface area contributed by atoms with Crippen LogP contribution in [0, 0.1) is 11.8 Å². The molecule has 0 radical (unpaired) electrons. The minimum absolute atomic E-state index is 0.426. The van der Waals surface area contributed by atoms with Crippen molar-refractivity contribution in [1.29, 1.82) is 0 Å². The first-order valence-electron chi connectivity index (χ1n) is 8.41. The van der Waals surface area contributed by atoms with E-state index in [1.807, 2.05) is 0 Å². The highest BCUT2D eigenvalue weighted by Gasteiger charge is 2.26. The van der Waals surface area contributed by atoms with Crippen LogP contribution in [0.25, 0.3) is 0 Å². The number of ketones is 1. The van der Waals surface area contributed by atoms with Crippen LogP contribution >= 0.6 is 0 Å². The highest BCUT2D eigenvalue weighted by molar-refractivity contribution is 5.83. The van der Waals surface area contributed by atoms with Crippen LogP contribution in [0.15, 0.2) is 0 Å². The Labute approximate surface area is 113 Å². The lowest BCUT2D eigenvalue weighted by Gasteiger charge is -2.25. The van der Waals surface area contributed by atoms with E-state index in [4.69, 9.17) is 0 Å². The predicted molar refractivity (Wildman–Crippen MR) is 76.6 cm³/mol. The van der Waals surface area contributed by atoms with Crippen LogP contribution in [-0.4, -0.2) is 5.78 Å². The molecule has 2 fully saturated rings. The van der Waals surface area contributed by atoms with Crippen LogP contribution in [-0.2, 0) is 4.79 Å². The Balaban J connectivity index is 1.86. The van der Waals surface area contributed by atoms with Crippen molar-refractivity contribution in [3.63, 3.8) is 0 Å². The van der Waals surface area contributed by atoms with E-state index in [0.717, 1.165) is 0 Å². The van der Waals surface area contributed by atoms with E-state index >= 15 is 0 Å². The third-order valence-corrected chi connectivity index (χ3v) is 5.02. The maximum atomic E-state index is 12.7. The van der Waals surface area contributed by atoms with Crippen LogP contribution in [0.1, 0.15) is 89.9 Å². The van der Waals surface area contributed by atoms with Crippen LogP contribution in [0.2, 0.25) is 0 Å². The molecule has 18 heavy (non-hydrogen) atoms. The van der Waals surface area contributed by atoms with E-state index in [-0.39, 0.29) is 0 Å². The Morgan fingerprint density at radius 3 is 1.11 bits per heavy atom. The van der Waals surface area contributed by atoms with E-state index in [1.165, 1.54) is 89.9 Å². The van der Waals surface area contributed by atoms with Gasteiger partial charge in [0.2, 0.25) is 0 Å². The first-order chi connectivity index (χ1) is 8.88. The molecule has 0 amide bonds. The number of carbonyl (C=O) groups excluding carboxylic acids is 1. The quantitative estimate of drug-likeness (QED) is 0.652. The number of rotatable bonds is 2. The molecule has 2 saturated carbocycles. The van der Waals surface area contributed by atoms with Gasteiger partial charge in [0.05, 0.1) is 0 Å². The fourth-order valence-corrected chi connectivity index (χ4v) is 3.81. The third kappa shape index (κ3) is 4.40. The molecule has 0 bridgehead atoms. The molecular weight excluding hydrogens is 220 g/mol. The first-order valence-corrected chi connectivity index (χ1v) is 8.41. The van der Waals surface area contributed by atoms with Gasteiger partial charge in [-0.3, -0.25) is 4.79 Å². The molecule has 0 aromatic carbocycles. The van der Waals surface area contributed by atoms with Gasteiger partial charge in [0, 0.05) is 11.8 Å². The van der Waals surface area contributed by atoms with Crippen LogP contribution in [0.4, 0.5) is 0 Å². The zero-order chi connectivity index (χ0) is 12.6. The second-order valence-corrected chi connectivity index (χ2v) is 6.49. The van der Waals surface area contributed by atoms with Gasteiger partial charge in [-0.1, -0.05) is 64.2 Å².